The highest BCUT2D eigenvalue weighted by atomic mass is 35.5. The average molecular weight is 831 g/mol. The summed E-state index contributed by atoms with van der Waals surface area (Å²) in [6.45, 7) is 1.85. The molecule has 2 atom stereocenters. The van der Waals surface area contributed by atoms with Gasteiger partial charge in [0, 0.05) is 44.3 Å². The van der Waals surface area contributed by atoms with E-state index in [2.05, 4.69) is 17.0 Å². The van der Waals surface area contributed by atoms with E-state index in [4.69, 9.17) is 37.8 Å². The molecule has 0 aromatic heterocycles. The molecule has 2 aliphatic heterocycles. The zero-order valence-electron chi connectivity index (χ0n) is 30.7. The molecule has 304 valence electrons. The zero-order valence-corrected chi connectivity index (χ0v) is 32.2. The van der Waals surface area contributed by atoms with Crippen molar-refractivity contribution in [2.24, 2.45) is 0 Å². The number of likely N-dealkylation sites (N-methyl/N-ethyl adjacent to an activating group) is 1. The Kier molecular flexibility index (Phi) is 12.7. The summed E-state index contributed by atoms with van der Waals surface area (Å²) in [6.07, 6.45) is -7.55. The van der Waals surface area contributed by atoms with Crippen LogP contribution in [0.2, 0.25) is 10.0 Å². The van der Waals surface area contributed by atoms with Gasteiger partial charge in [-0.3, -0.25) is 9.59 Å². The van der Waals surface area contributed by atoms with Gasteiger partial charge >= 0.3 is 12.4 Å². The lowest BCUT2D eigenvalue weighted by Crippen LogP contribution is -2.54. The van der Waals surface area contributed by atoms with Crippen LogP contribution in [0, 0.1) is 0 Å². The number of hydrogen-bond donors (Lipinski definition) is 1. The summed E-state index contributed by atoms with van der Waals surface area (Å²) in [5.41, 5.74) is -2.49. The van der Waals surface area contributed by atoms with Crippen molar-refractivity contribution < 1.29 is 50.5 Å². The van der Waals surface area contributed by atoms with E-state index in [1.54, 1.807) is 30.1 Å². The van der Waals surface area contributed by atoms with E-state index in [1.165, 1.54) is 16.0 Å². The minimum Gasteiger partial charge on any atom is -0.396 e. The number of carbonyl (C=O) groups excluding carboxylic acids is 2. The number of hydrogen-bond acceptors (Lipinski definition) is 6. The third-order valence-corrected chi connectivity index (χ3v) is 12.1. The number of ether oxygens (including phenoxy) is 2. The van der Waals surface area contributed by atoms with Crippen LogP contribution in [0.15, 0.2) is 60.7 Å². The van der Waals surface area contributed by atoms with Crippen molar-refractivity contribution in [2.45, 2.75) is 61.6 Å². The van der Waals surface area contributed by atoms with E-state index in [0.29, 0.717) is 63.1 Å². The van der Waals surface area contributed by atoms with Gasteiger partial charge in [-0.15, -0.1) is 0 Å². The third-order valence-electron chi connectivity index (χ3n) is 11.4. The number of alkyl halides is 6. The summed E-state index contributed by atoms with van der Waals surface area (Å²) in [6, 6.07) is 14.0. The van der Waals surface area contributed by atoms with Gasteiger partial charge in [0.05, 0.1) is 40.4 Å². The van der Waals surface area contributed by atoms with Crippen LogP contribution in [0.3, 0.4) is 0 Å². The average Bonchev–Trinajstić information content (AvgIpc) is 3.47. The standard InChI is InChI=1S/C40H43Cl2F6N3O5/c1-49(12-4-17-52)35(53)24-55-34-21-26-5-2-3-6-31(26)37(34)9-13-50(14-10-37)15-11-38(28-7-8-32(41)33(42)23-28)25-51(16-18-56-38)36(54)27-19-29(39(43,44)45)22-30(20-27)40(46,47)48/h2-3,5-8,19-20,22-23,34,52H,4,9-18,21,24-25H2,1H3/t34-,38-/m0/s1. The molecule has 2 amide bonds. The summed E-state index contributed by atoms with van der Waals surface area (Å²) in [5.74, 6) is -1.15. The topological polar surface area (TPSA) is 82.5 Å². The molecule has 1 N–H and O–H groups in total. The maximum Gasteiger partial charge on any atom is 0.416 e. The van der Waals surface area contributed by atoms with Crippen molar-refractivity contribution in [3.8, 4) is 0 Å². The number of amides is 2. The summed E-state index contributed by atoms with van der Waals surface area (Å²) < 4.78 is 94.9. The molecule has 8 nitrogen and oxygen atoms in total. The van der Waals surface area contributed by atoms with E-state index in [1.807, 2.05) is 12.1 Å². The van der Waals surface area contributed by atoms with Gasteiger partial charge in [0.1, 0.15) is 12.2 Å². The summed E-state index contributed by atoms with van der Waals surface area (Å²) >= 11 is 12.7. The van der Waals surface area contributed by atoms with E-state index in [9.17, 15) is 35.9 Å². The highest BCUT2D eigenvalue weighted by Crippen LogP contribution is 2.48. The molecule has 16 heteroatoms. The van der Waals surface area contributed by atoms with Gasteiger partial charge < -0.3 is 29.3 Å². The number of fused-ring (bicyclic) bond motifs is 2. The first kappa shape index (κ1) is 42.2. The summed E-state index contributed by atoms with van der Waals surface area (Å²) in [5, 5.41) is 9.65. The van der Waals surface area contributed by atoms with Crippen molar-refractivity contribution in [2.75, 3.05) is 66.1 Å². The first-order chi connectivity index (χ1) is 26.5. The van der Waals surface area contributed by atoms with Crippen LogP contribution < -0.4 is 0 Å². The first-order valence-corrected chi connectivity index (χ1v) is 19.2. The molecule has 0 radical (unpaired) electrons. The Morgan fingerprint density at radius 3 is 2.27 bits per heavy atom. The number of nitrogens with zero attached hydrogens (tertiary/aromatic N) is 3. The molecule has 1 spiro atoms. The molecule has 3 aromatic carbocycles. The second-order valence-electron chi connectivity index (χ2n) is 14.8. The van der Waals surface area contributed by atoms with Gasteiger partial charge in [0.25, 0.3) is 5.91 Å². The first-order valence-electron chi connectivity index (χ1n) is 18.4. The largest absolute Gasteiger partial charge is 0.416 e. The Morgan fingerprint density at radius 1 is 0.946 bits per heavy atom. The lowest BCUT2D eigenvalue weighted by molar-refractivity contribution is -0.143. The second-order valence-corrected chi connectivity index (χ2v) is 15.6. The van der Waals surface area contributed by atoms with Crippen LogP contribution >= 0.6 is 23.2 Å². The number of piperidine rings is 1. The fraction of sp³-hybridized carbons (Fsp3) is 0.500. The van der Waals surface area contributed by atoms with Crippen LogP contribution in [0.4, 0.5) is 26.3 Å². The molecule has 1 aliphatic carbocycles. The number of carbonyl (C=O) groups is 2. The quantitative estimate of drug-likeness (QED) is 0.201. The Bertz CT molecular complexity index is 1870. The van der Waals surface area contributed by atoms with Crippen molar-refractivity contribution >= 4 is 35.0 Å². The molecule has 2 saturated heterocycles. The molecule has 2 heterocycles. The number of halogens is 8. The maximum absolute atomic E-state index is 13.8. The van der Waals surface area contributed by atoms with Gasteiger partial charge in [0.2, 0.25) is 5.91 Å². The van der Waals surface area contributed by atoms with Gasteiger partial charge in [0.15, 0.2) is 0 Å². The Balaban J connectivity index is 1.21. The predicted molar refractivity (Wildman–Crippen MR) is 198 cm³/mol. The third kappa shape index (κ3) is 9.00. The Labute approximate surface area is 331 Å². The smallest absolute Gasteiger partial charge is 0.396 e. The number of benzene rings is 3. The predicted octanol–water partition coefficient (Wildman–Crippen LogP) is 7.60. The van der Waals surface area contributed by atoms with Crippen molar-refractivity contribution in [3.63, 3.8) is 0 Å². The number of aliphatic hydroxyl groups excluding tert-OH is 1. The minimum atomic E-state index is -5.11. The maximum atomic E-state index is 13.8. The van der Waals surface area contributed by atoms with Crippen LogP contribution in [0.5, 0.6) is 0 Å². The molecule has 6 rings (SSSR count). The second kappa shape index (κ2) is 16.8. The Morgan fingerprint density at radius 2 is 1.62 bits per heavy atom. The molecule has 0 unspecified atom stereocenters. The van der Waals surface area contributed by atoms with E-state index in [-0.39, 0.29) is 66.4 Å². The number of likely N-dealkylation sites (tertiary alicyclic amines) is 1. The van der Waals surface area contributed by atoms with E-state index < -0.39 is 40.6 Å². The summed E-state index contributed by atoms with van der Waals surface area (Å²) in [7, 11) is 1.68. The lowest BCUT2D eigenvalue weighted by atomic mass is 9.72. The summed E-state index contributed by atoms with van der Waals surface area (Å²) in [4.78, 5) is 31.7. The molecular formula is C40H43Cl2F6N3O5. The van der Waals surface area contributed by atoms with E-state index in [0.717, 1.165) is 12.8 Å². The van der Waals surface area contributed by atoms with Gasteiger partial charge in [-0.25, -0.2) is 0 Å². The molecule has 3 aromatic rings. The molecular weight excluding hydrogens is 787 g/mol. The van der Waals surface area contributed by atoms with Gasteiger partial charge in [-0.2, -0.15) is 26.3 Å². The van der Waals surface area contributed by atoms with Crippen LogP contribution in [-0.4, -0.2) is 104 Å². The molecule has 0 saturated carbocycles. The number of morpholine rings is 1. The highest BCUT2D eigenvalue weighted by molar-refractivity contribution is 6.42. The van der Waals surface area contributed by atoms with Crippen molar-refractivity contribution in [1.29, 1.82) is 0 Å². The molecule has 2 fully saturated rings. The lowest BCUT2D eigenvalue weighted by Gasteiger charge is -2.46. The molecule has 0 bridgehead atoms. The fourth-order valence-corrected chi connectivity index (χ4v) is 8.56. The van der Waals surface area contributed by atoms with Crippen LogP contribution in [0.1, 0.15) is 63.9 Å². The van der Waals surface area contributed by atoms with Crippen molar-refractivity contribution in [1.82, 2.24) is 14.7 Å². The van der Waals surface area contributed by atoms with Gasteiger partial charge in [-0.1, -0.05) is 53.5 Å². The minimum absolute atomic E-state index is 0.00347. The Hall–Kier alpha value is -3.40. The monoisotopic (exact) mass is 829 g/mol. The van der Waals surface area contributed by atoms with Gasteiger partial charge in [-0.05, 0) is 92.2 Å². The van der Waals surface area contributed by atoms with Crippen LogP contribution in [-0.2, 0) is 44.1 Å². The van der Waals surface area contributed by atoms with Crippen molar-refractivity contribution in [3.05, 3.63) is 104 Å². The molecule has 3 aliphatic rings. The SMILES string of the molecule is CN(CCCO)C(=O)CO[C@H]1Cc2ccccc2C12CCN(CC[C@@]1(c3ccc(Cl)c(Cl)c3)CN(C(=O)c3cc(C(F)(F)F)cc(C(F)(F)F)c3)CCO1)CC2. The van der Waals surface area contributed by atoms with Crippen LogP contribution in [0.25, 0.3) is 0 Å². The fourth-order valence-electron chi connectivity index (χ4n) is 8.26. The zero-order chi connectivity index (χ0) is 40.5. The van der Waals surface area contributed by atoms with E-state index >= 15 is 0 Å². The normalized spacial score (nSPS) is 21.3. The number of aliphatic hydroxyl groups is 1. The number of rotatable bonds is 11. The highest BCUT2D eigenvalue weighted by Gasteiger charge is 2.50. The molecule has 56 heavy (non-hydrogen) atoms.